The highest BCUT2D eigenvalue weighted by Gasteiger charge is 2.41. The molecule has 0 aromatic carbocycles. The molecule has 3 nitrogen and oxygen atoms in total. The fourth-order valence-corrected chi connectivity index (χ4v) is 1.91. The maximum atomic E-state index is 10.4. The molecule has 70 valence electrons. The van der Waals surface area contributed by atoms with Crippen molar-refractivity contribution in [3.05, 3.63) is 0 Å². The van der Waals surface area contributed by atoms with Gasteiger partial charge < -0.3 is 10.4 Å². The molecule has 2 atom stereocenters. The molecule has 0 radical (unpaired) electrons. The lowest BCUT2D eigenvalue weighted by Crippen LogP contribution is -2.42. The van der Waals surface area contributed by atoms with Crippen molar-refractivity contribution in [1.82, 2.24) is 5.32 Å². The molecule has 2 N–H and O–H groups in total. The van der Waals surface area contributed by atoms with E-state index in [1.54, 1.807) is 0 Å². The van der Waals surface area contributed by atoms with Crippen molar-refractivity contribution in [2.75, 3.05) is 0 Å². The van der Waals surface area contributed by atoms with E-state index >= 15 is 0 Å². The van der Waals surface area contributed by atoms with Crippen molar-refractivity contribution < 1.29 is 9.90 Å². The first-order chi connectivity index (χ1) is 5.44. The van der Waals surface area contributed by atoms with Crippen LogP contribution in [-0.2, 0) is 0 Å². The zero-order valence-electron chi connectivity index (χ0n) is 7.92. The number of nitrogens with one attached hydrogen (secondary N) is 1. The molecular weight excluding hydrogens is 154 g/mol. The van der Waals surface area contributed by atoms with Gasteiger partial charge in [-0.25, -0.2) is 4.79 Å². The smallest absolute Gasteiger partial charge is 0.404 e. The summed E-state index contributed by atoms with van der Waals surface area (Å²) >= 11 is 0. The molecule has 0 aromatic heterocycles. The summed E-state index contributed by atoms with van der Waals surface area (Å²) in [6, 6.07) is 0.130. The maximum Gasteiger partial charge on any atom is 0.404 e. The van der Waals surface area contributed by atoms with Crippen molar-refractivity contribution in [2.45, 2.75) is 39.7 Å². The van der Waals surface area contributed by atoms with Crippen LogP contribution in [0.5, 0.6) is 0 Å². The maximum absolute atomic E-state index is 10.4. The molecule has 12 heavy (non-hydrogen) atoms. The number of carboxylic acid groups (broad SMARTS) is 1. The fraction of sp³-hybridized carbons (Fsp3) is 0.889. The SMILES string of the molecule is CC1CCC(NC(=O)O)C1(C)C. The average molecular weight is 171 g/mol. The van der Waals surface area contributed by atoms with Crippen molar-refractivity contribution in [3.63, 3.8) is 0 Å². The van der Waals surface area contributed by atoms with E-state index in [1.807, 2.05) is 0 Å². The third-order valence-electron chi connectivity index (χ3n) is 3.35. The van der Waals surface area contributed by atoms with Gasteiger partial charge in [0, 0.05) is 6.04 Å². The molecule has 0 spiro atoms. The van der Waals surface area contributed by atoms with Crippen LogP contribution >= 0.6 is 0 Å². The van der Waals surface area contributed by atoms with Crippen LogP contribution in [-0.4, -0.2) is 17.2 Å². The van der Waals surface area contributed by atoms with Crippen LogP contribution in [0.1, 0.15) is 33.6 Å². The van der Waals surface area contributed by atoms with Gasteiger partial charge in [0.1, 0.15) is 0 Å². The summed E-state index contributed by atoms with van der Waals surface area (Å²) in [5.74, 6) is 0.606. The standard InChI is InChI=1S/C9H17NO2/c1-6-4-5-7(9(6,2)3)10-8(11)12/h6-7,10H,4-5H2,1-3H3,(H,11,12). The molecule has 1 aliphatic rings. The highest BCUT2D eigenvalue weighted by atomic mass is 16.4. The van der Waals surface area contributed by atoms with Crippen LogP contribution in [0.3, 0.4) is 0 Å². The lowest BCUT2D eigenvalue weighted by molar-refractivity contribution is 0.168. The Hall–Kier alpha value is -0.730. The molecule has 0 heterocycles. The van der Waals surface area contributed by atoms with Gasteiger partial charge in [0.15, 0.2) is 0 Å². The Kier molecular flexibility index (Phi) is 2.31. The number of carbonyl (C=O) groups is 1. The van der Waals surface area contributed by atoms with E-state index < -0.39 is 6.09 Å². The van der Waals surface area contributed by atoms with Crippen LogP contribution in [0, 0.1) is 11.3 Å². The van der Waals surface area contributed by atoms with Crippen LogP contribution in [0.25, 0.3) is 0 Å². The molecule has 1 saturated carbocycles. The monoisotopic (exact) mass is 171 g/mol. The zero-order chi connectivity index (χ0) is 9.35. The van der Waals surface area contributed by atoms with Crippen molar-refractivity contribution >= 4 is 6.09 Å². The second-order valence-electron chi connectivity index (χ2n) is 4.30. The van der Waals surface area contributed by atoms with Gasteiger partial charge in [-0.2, -0.15) is 0 Å². The highest BCUT2D eigenvalue weighted by Crippen LogP contribution is 2.42. The van der Waals surface area contributed by atoms with Gasteiger partial charge in [-0.1, -0.05) is 20.8 Å². The molecule has 0 bridgehead atoms. The third kappa shape index (κ3) is 1.54. The lowest BCUT2D eigenvalue weighted by atomic mass is 9.80. The minimum atomic E-state index is -0.901. The van der Waals surface area contributed by atoms with Gasteiger partial charge in [0.05, 0.1) is 0 Å². The van der Waals surface area contributed by atoms with Crippen LogP contribution in [0.4, 0.5) is 4.79 Å². The summed E-state index contributed by atoms with van der Waals surface area (Å²) < 4.78 is 0. The molecule has 2 unspecified atom stereocenters. The number of hydrogen-bond acceptors (Lipinski definition) is 1. The third-order valence-corrected chi connectivity index (χ3v) is 3.35. The average Bonchev–Trinajstić information content (AvgIpc) is 2.15. The Morgan fingerprint density at radius 3 is 2.42 bits per heavy atom. The van der Waals surface area contributed by atoms with E-state index in [9.17, 15) is 4.79 Å². The summed E-state index contributed by atoms with van der Waals surface area (Å²) in [6.07, 6.45) is 1.19. The largest absolute Gasteiger partial charge is 0.465 e. The van der Waals surface area contributed by atoms with Gasteiger partial charge in [0.25, 0.3) is 0 Å². The van der Waals surface area contributed by atoms with Crippen LogP contribution < -0.4 is 5.32 Å². The van der Waals surface area contributed by atoms with E-state index in [-0.39, 0.29) is 11.5 Å². The molecule has 1 aliphatic carbocycles. The van der Waals surface area contributed by atoms with Gasteiger partial charge in [0.2, 0.25) is 0 Å². The van der Waals surface area contributed by atoms with Gasteiger partial charge in [-0.05, 0) is 24.2 Å². The molecule has 1 amide bonds. The first-order valence-electron chi connectivity index (χ1n) is 4.44. The predicted octanol–water partition coefficient (Wildman–Crippen LogP) is 2.08. The van der Waals surface area contributed by atoms with Gasteiger partial charge >= 0.3 is 6.09 Å². The minimum absolute atomic E-state index is 0.110. The molecule has 0 aromatic rings. The quantitative estimate of drug-likeness (QED) is 0.634. The van der Waals surface area contributed by atoms with E-state index in [0.717, 1.165) is 12.8 Å². The summed E-state index contributed by atoms with van der Waals surface area (Å²) in [4.78, 5) is 10.4. The van der Waals surface area contributed by atoms with E-state index in [1.165, 1.54) is 0 Å². The van der Waals surface area contributed by atoms with Gasteiger partial charge in [-0.15, -0.1) is 0 Å². The Balaban J connectivity index is 2.62. The zero-order valence-corrected chi connectivity index (χ0v) is 7.92. The van der Waals surface area contributed by atoms with E-state index in [0.29, 0.717) is 5.92 Å². The number of hydrogen-bond donors (Lipinski definition) is 2. The molecular formula is C9H17NO2. The number of rotatable bonds is 1. The first-order valence-corrected chi connectivity index (χ1v) is 4.44. The second-order valence-corrected chi connectivity index (χ2v) is 4.30. The Bertz CT molecular complexity index is 189. The van der Waals surface area contributed by atoms with Crippen LogP contribution in [0.15, 0.2) is 0 Å². The van der Waals surface area contributed by atoms with Gasteiger partial charge in [-0.3, -0.25) is 0 Å². The lowest BCUT2D eigenvalue weighted by Gasteiger charge is -2.30. The predicted molar refractivity (Wildman–Crippen MR) is 47.1 cm³/mol. The highest BCUT2D eigenvalue weighted by molar-refractivity contribution is 5.65. The topological polar surface area (TPSA) is 49.3 Å². The molecule has 0 saturated heterocycles. The Morgan fingerprint density at radius 1 is 1.50 bits per heavy atom. The fourth-order valence-electron chi connectivity index (χ4n) is 1.91. The van der Waals surface area contributed by atoms with Crippen molar-refractivity contribution in [2.24, 2.45) is 11.3 Å². The van der Waals surface area contributed by atoms with Crippen molar-refractivity contribution in [3.8, 4) is 0 Å². The van der Waals surface area contributed by atoms with Crippen molar-refractivity contribution in [1.29, 1.82) is 0 Å². The molecule has 1 rings (SSSR count). The van der Waals surface area contributed by atoms with E-state index in [4.69, 9.17) is 5.11 Å². The minimum Gasteiger partial charge on any atom is -0.465 e. The molecule has 3 heteroatoms. The second kappa shape index (κ2) is 2.96. The number of amides is 1. The Labute approximate surface area is 73.2 Å². The Morgan fingerprint density at radius 2 is 2.08 bits per heavy atom. The first kappa shape index (κ1) is 9.36. The van der Waals surface area contributed by atoms with Crippen LogP contribution in [0.2, 0.25) is 0 Å². The summed E-state index contributed by atoms with van der Waals surface area (Å²) in [6.45, 7) is 6.44. The molecule has 0 aliphatic heterocycles. The summed E-state index contributed by atoms with van der Waals surface area (Å²) in [5.41, 5.74) is 0.110. The summed E-state index contributed by atoms with van der Waals surface area (Å²) in [5, 5.41) is 11.2. The summed E-state index contributed by atoms with van der Waals surface area (Å²) in [7, 11) is 0. The van der Waals surface area contributed by atoms with E-state index in [2.05, 4.69) is 26.1 Å². The molecule has 1 fully saturated rings. The normalized spacial score (nSPS) is 33.2.